The number of rotatable bonds is 3. The van der Waals surface area contributed by atoms with E-state index in [0.29, 0.717) is 5.69 Å². The van der Waals surface area contributed by atoms with E-state index in [1.807, 2.05) is 24.5 Å². The number of nitrogens with one attached hydrogen (secondary N) is 2. The maximum Gasteiger partial charge on any atom is 0.332 e. The van der Waals surface area contributed by atoms with Gasteiger partial charge in [-0.1, -0.05) is 17.7 Å². The van der Waals surface area contributed by atoms with Gasteiger partial charge in [0, 0.05) is 5.69 Å². The van der Waals surface area contributed by atoms with Crippen molar-refractivity contribution in [3.63, 3.8) is 0 Å². The van der Waals surface area contributed by atoms with E-state index in [0.717, 1.165) is 5.56 Å². The molecule has 0 aliphatic rings. The van der Waals surface area contributed by atoms with E-state index >= 15 is 0 Å². The average molecular weight is 234 g/mol. The van der Waals surface area contributed by atoms with Crippen LogP contribution in [0.5, 0.6) is 0 Å². The van der Waals surface area contributed by atoms with Gasteiger partial charge in [-0.05, 0) is 26.0 Å². The molecule has 4 N–H and O–H groups in total. The number of primary amides is 1. The highest BCUT2D eigenvalue weighted by molar-refractivity contribution is 6.42. The molecule has 0 aromatic heterocycles. The lowest BCUT2D eigenvalue weighted by atomic mass is 10.2. The van der Waals surface area contributed by atoms with Crippen molar-refractivity contribution in [3.05, 3.63) is 29.8 Å². The molecule has 1 aromatic carbocycles. The molecule has 0 radical (unpaired) electrons. The normalized spacial score (nSPS) is 10.8. The quantitative estimate of drug-likeness (QED) is 0.536. The molecule has 3 amide bonds. The van der Waals surface area contributed by atoms with Crippen molar-refractivity contribution in [2.45, 2.75) is 13.8 Å². The summed E-state index contributed by atoms with van der Waals surface area (Å²) in [5.74, 6) is -0.400. The van der Waals surface area contributed by atoms with Crippen LogP contribution in [0.4, 0.5) is 10.5 Å². The molecule has 0 spiro atoms. The number of nitrogens with zero attached hydrogens (tertiary/aromatic N) is 1. The minimum absolute atomic E-state index is 0.115. The van der Waals surface area contributed by atoms with Gasteiger partial charge in [0.25, 0.3) is 5.91 Å². The number of carbonyl (C=O) groups is 2. The highest BCUT2D eigenvalue weighted by atomic mass is 16.2. The maximum atomic E-state index is 11.6. The first-order valence-corrected chi connectivity index (χ1v) is 4.97. The van der Waals surface area contributed by atoms with Crippen LogP contribution in [0.15, 0.2) is 29.4 Å². The number of urea groups is 1. The second kappa shape index (κ2) is 5.64. The molecule has 0 unspecified atom stereocenters. The zero-order valence-electron chi connectivity index (χ0n) is 9.65. The zero-order valence-corrected chi connectivity index (χ0v) is 9.65. The molecule has 0 fully saturated rings. The van der Waals surface area contributed by atoms with Crippen LogP contribution in [-0.2, 0) is 4.79 Å². The zero-order chi connectivity index (χ0) is 12.8. The average Bonchev–Trinajstić information content (AvgIpc) is 2.28. The van der Waals surface area contributed by atoms with E-state index in [1.165, 1.54) is 6.92 Å². The van der Waals surface area contributed by atoms with E-state index in [-0.39, 0.29) is 5.71 Å². The van der Waals surface area contributed by atoms with Crippen molar-refractivity contribution in [3.8, 4) is 0 Å². The molecule has 1 aromatic rings. The smallest absolute Gasteiger partial charge is 0.332 e. The lowest BCUT2D eigenvalue weighted by molar-refractivity contribution is -0.110. The highest BCUT2D eigenvalue weighted by Gasteiger charge is 2.06. The number of hydrogen-bond acceptors (Lipinski definition) is 3. The second-order valence-corrected chi connectivity index (χ2v) is 3.49. The molecule has 17 heavy (non-hydrogen) atoms. The fraction of sp³-hybridized carbons (Fsp3) is 0.182. The Balaban J connectivity index is 2.63. The van der Waals surface area contributed by atoms with E-state index < -0.39 is 11.9 Å². The van der Waals surface area contributed by atoms with Crippen molar-refractivity contribution in [1.82, 2.24) is 5.43 Å². The van der Waals surface area contributed by atoms with Gasteiger partial charge in [-0.15, -0.1) is 0 Å². The van der Waals surface area contributed by atoms with Crippen molar-refractivity contribution < 1.29 is 9.59 Å². The highest BCUT2D eigenvalue weighted by Crippen LogP contribution is 2.08. The van der Waals surface area contributed by atoms with Crippen molar-refractivity contribution in [1.29, 1.82) is 0 Å². The molecule has 6 heteroatoms. The fourth-order valence-corrected chi connectivity index (χ4v) is 1.05. The van der Waals surface area contributed by atoms with Crippen LogP contribution in [-0.4, -0.2) is 17.6 Å². The van der Waals surface area contributed by atoms with E-state index in [9.17, 15) is 9.59 Å². The van der Waals surface area contributed by atoms with Crippen molar-refractivity contribution >= 4 is 23.3 Å². The van der Waals surface area contributed by atoms with E-state index in [1.54, 1.807) is 12.1 Å². The Kier molecular flexibility index (Phi) is 4.21. The maximum absolute atomic E-state index is 11.6. The van der Waals surface area contributed by atoms with Gasteiger partial charge in [-0.25, -0.2) is 10.2 Å². The molecule has 0 heterocycles. The summed E-state index contributed by atoms with van der Waals surface area (Å²) >= 11 is 0. The minimum atomic E-state index is -0.813. The Morgan fingerprint density at radius 1 is 1.24 bits per heavy atom. The second-order valence-electron chi connectivity index (χ2n) is 3.49. The van der Waals surface area contributed by atoms with Crippen LogP contribution in [0.2, 0.25) is 0 Å². The Morgan fingerprint density at radius 2 is 1.82 bits per heavy atom. The summed E-state index contributed by atoms with van der Waals surface area (Å²) in [6.07, 6.45) is 0. The van der Waals surface area contributed by atoms with Gasteiger partial charge in [0.2, 0.25) is 0 Å². The van der Waals surface area contributed by atoms with Crippen LogP contribution < -0.4 is 16.5 Å². The van der Waals surface area contributed by atoms with Crippen molar-refractivity contribution in [2.75, 3.05) is 5.32 Å². The number of carbonyl (C=O) groups excluding carboxylic acids is 2. The largest absolute Gasteiger partial charge is 0.350 e. The predicted octanol–water partition coefficient (Wildman–Crippen LogP) is 0.978. The van der Waals surface area contributed by atoms with Crippen molar-refractivity contribution in [2.24, 2.45) is 10.8 Å². The predicted molar refractivity (Wildman–Crippen MR) is 65.6 cm³/mol. The number of amides is 3. The molecule has 0 bridgehead atoms. The number of benzene rings is 1. The van der Waals surface area contributed by atoms with Gasteiger partial charge in [-0.2, -0.15) is 5.10 Å². The van der Waals surface area contributed by atoms with E-state index in [2.05, 4.69) is 10.4 Å². The van der Waals surface area contributed by atoms with Gasteiger partial charge < -0.3 is 11.1 Å². The fourth-order valence-electron chi connectivity index (χ4n) is 1.05. The molecule has 0 saturated heterocycles. The Morgan fingerprint density at radius 3 is 2.35 bits per heavy atom. The lowest BCUT2D eigenvalue weighted by Gasteiger charge is -2.04. The summed E-state index contributed by atoms with van der Waals surface area (Å²) in [6.45, 7) is 3.43. The monoisotopic (exact) mass is 234 g/mol. The van der Waals surface area contributed by atoms with Gasteiger partial charge >= 0.3 is 6.03 Å². The number of hydrazone groups is 1. The Hall–Kier alpha value is -2.37. The molecule has 0 aliphatic heterocycles. The first kappa shape index (κ1) is 12.7. The van der Waals surface area contributed by atoms with Crippen LogP contribution in [0, 0.1) is 6.92 Å². The molecule has 0 saturated carbocycles. The first-order chi connectivity index (χ1) is 7.99. The lowest BCUT2D eigenvalue weighted by Crippen LogP contribution is -2.29. The third kappa shape index (κ3) is 4.33. The van der Waals surface area contributed by atoms with Gasteiger partial charge in [-0.3, -0.25) is 4.79 Å². The molecule has 0 atom stereocenters. The summed E-state index contributed by atoms with van der Waals surface area (Å²) in [7, 11) is 0. The van der Waals surface area contributed by atoms with Crippen LogP contribution in [0.3, 0.4) is 0 Å². The summed E-state index contributed by atoms with van der Waals surface area (Å²) in [4.78, 5) is 22.0. The van der Waals surface area contributed by atoms with Gasteiger partial charge in [0.15, 0.2) is 0 Å². The standard InChI is InChI=1S/C11H14N4O2/c1-7-3-5-9(6-4-7)13-10(16)8(2)14-15-11(12)17/h3-6H,1-2H3,(H,13,16)(H3,12,15,17). The summed E-state index contributed by atoms with van der Waals surface area (Å²) in [6, 6.07) is 6.50. The third-order valence-electron chi connectivity index (χ3n) is 1.97. The van der Waals surface area contributed by atoms with Gasteiger partial charge in [0.05, 0.1) is 0 Å². The number of nitrogens with two attached hydrogens (primary N) is 1. The summed E-state index contributed by atoms with van der Waals surface area (Å²) in [5.41, 5.74) is 8.69. The van der Waals surface area contributed by atoms with Crippen LogP contribution in [0.1, 0.15) is 12.5 Å². The third-order valence-corrected chi connectivity index (χ3v) is 1.97. The Bertz CT molecular complexity index is 451. The topological polar surface area (TPSA) is 96.6 Å². The van der Waals surface area contributed by atoms with Gasteiger partial charge in [0.1, 0.15) is 5.71 Å². The summed E-state index contributed by atoms with van der Waals surface area (Å²) in [5, 5.41) is 6.15. The van der Waals surface area contributed by atoms with Crippen LogP contribution >= 0.6 is 0 Å². The SMILES string of the molecule is CC(=NNC(N)=O)C(=O)Nc1ccc(C)cc1. The summed E-state index contributed by atoms with van der Waals surface area (Å²) < 4.78 is 0. The minimum Gasteiger partial charge on any atom is -0.350 e. The number of hydrogen-bond donors (Lipinski definition) is 3. The van der Waals surface area contributed by atoms with Crippen LogP contribution in [0.25, 0.3) is 0 Å². The number of aryl methyl sites for hydroxylation is 1. The molecule has 6 nitrogen and oxygen atoms in total. The molecular formula is C11H14N4O2. The molecule has 0 aliphatic carbocycles. The first-order valence-electron chi connectivity index (χ1n) is 4.97. The molecular weight excluding hydrogens is 220 g/mol. The van der Waals surface area contributed by atoms with E-state index in [4.69, 9.17) is 5.73 Å². The molecule has 90 valence electrons. The molecule has 1 rings (SSSR count). The number of anilines is 1. The Labute approximate surface area is 98.9 Å².